The van der Waals surface area contributed by atoms with Gasteiger partial charge in [-0.3, -0.25) is 52.7 Å². The van der Waals surface area contributed by atoms with Crippen LogP contribution in [0.25, 0.3) is 0 Å². The topological polar surface area (TPSA) is 491 Å². The Labute approximate surface area is 475 Å². The van der Waals surface area contributed by atoms with E-state index in [2.05, 4.69) is 72.3 Å². The van der Waals surface area contributed by atoms with Gasteiger partial charge in [-0.2, -0.15) is 0 Å². The fraction of sp³-hybridized carbons (Fsp3) is 0.788. The Morgan fingerprint density at radius 2 is 1.04 bits per heavy atom. The molecule has 11 amide bonds. The molecule has 0 aromatic rings. The van der Waals surface area contributed by atoms with E-state index >= 15 is 0 Å². The second-order valence-corrected chi connectivity index (χ2v) is 21.8. The number of hydrogen-bond acceptors (Lipinski definition) is 18. The molecule has 29 nitrogen and oxygen atoms in total. The molecule has 1 rings (SSSR count). The molecular weight excluding hydrogens is 1060 g/mol. The van der Waals surface area contributed by atoms with Crippen molar-refractivity contribution in [2.24, 2.45) is 52.3 Å². The van der Waals surface area contributed by atoms with Crippen LogP contribution in [0.2, 0.25) is 0 Å². The van der Waals surface area contributed by atoms with Crippen LogP contribution in [0.5, 0.6) is 0 Å². The first-order chi connectivity index (χ1) is 38.1. The lowest BCUT2D eigenvalue weighted by Crippen LogP contribution is -2.62. The third-order valence-corrected chi connectivity index (χ3v) is 13.4. The average molecular weight is 1160 g/mol. The van der Waals surface area contributed by atoms with Crippen molar-refractivity contribution in [2.45, 2.75) is 193 Å². The largest absolute Gasteiger partial charge is 0.391 e. The Balaban J connectivity index is 3.80. The second kappa shape index (κ2) is 38.6. The number of amides is 11. The Morgan fingerprint density at radius 3 is 1.52 bits per heavy atom. The summed E-state index contributed by atoms with van der Waals surface area (Å²) in [6.45, 7) is 12.3. The molecule has 23 N–H and O–H groups in total. The van der Waals surface area contributed by atoms with E-state index in [1.807, 2.05) is 0 Å². The summed E-state index contributed by atoms with van der Waals surface area (Å²) >= 11 is 0. The molecule has 0 aliphatic carbocycles. The molecule has 1 unspecified atom stereocenters. The predicted octanol–water partition coefficient (Wildman–Crippen LogP) is -5.97. The normalized spacial score (nSPS) is 23.4. The van der Waals surface area contributed by atoms with E-state index < -0.39 is 156 Å². The summed E-state index contributed by atoms with van der Waals surface area (Å²) in [5, 5.41) is 49.6. The summed E-state index contributed by atoms with van der Waals surface area (Å²) < 4.78 is 0. The summed E-state index contributed by atoms with van der Waals surface area (Å²) in [5.41, 5.74) is 29.2. The van der Waals surface area contributed by atoms with Crippen LogP contribution in [0.4, 0.5) is 0 Å². The van der Waals surface area contributed by atoms with E-state index in [1.54, 1.807) is 27.7 Å². The number of aliphatic hydroxyl groups excluding tert-OH is 2. The van der Waals surface area contributed by atoms with E-state index in [4.69, 9.17) is 28.7 Å². The van der Waals surface area contributed by atoms with Gasteiger partial charge in [-0.15, -0.1) is 0 Å². The van der Waals surface area contributed by atoms with Crippen molar-refractivity contribution in [3.8, 4) is 0 Å². The first-order valence-corrected chi connectivity index (χ1v) is 28.3. The molecule has 81 heavy (non-hydrogen) atoms. The fourth-order valence-corrected chi connectivity index (χ4v) is 8.62. The molecule has 0 spiro atoms. The second-order valence-electron chi connectivity index (χ2n) is 21.8. The number of hydrogen-bond donors (Lipinski definition) is 18. The molecular formula is C52H98N16O13. The maximum atomic E-state index is 14.4. The van der Waals surface area contributed by atoms with Gasteiger partial charge in [-0.05, 0) is 116 Å². The van der Waals surface area contributed by atoms with Crippen molar-refractivity contribution in [3.63, 3.8) is 0 Å². The van der Waals surface area contributed by atoms with Gasteiger partial charge < -0.3 is 97.4 Å². The van der Waals surface area contributed by atoms with Crippen LogP contribution in [0.15, 0.2) is 0 Å². The van der Waals surface area contributed by atoms with Crippen molar-refractivity contribution in [1.29, 1.82) is 0 Å². The predicted molar refractivity (Wildman–Crippen MR) is 301 cm³/mol. The molecule has 1 fully saturated rings. The molecule has 464 valence electrons. The van der Waals surface area contributed by atoms with Crippen molar-refractivity contribution >= 4 is 65.0 Å². The fourth-order valence-electron chi connectivity index (χ4n) is 8.62. The molecule has 0 aromatic heterocycles. The summed E-state index contributed by atoms with van der Waals surface area (Å²) in [5.74, 6) is -10.3. The standard InChI is InChI=1S/C52H98N16O13/c1-27(2)11-9-10-12-40(71)60-33(13-19-53)49(78)68-42(31(8)70)52(81)65-36(16-22-56)46(75)64-38-18-24-58-51(80)41(30(7)69)67-50(79)37(17-23-57)63-45(74)34(14-20-54)61-43(72)32(29(5)6)26-59-44(73)39(25-28(3)4)66-47(76)35(15-21-55)62-48(38)77/h27-39,41-42,69-70H,9-26,53-57H2,1-8H3,(H,58,80)(H,59,73)(H,60,71)(H,61,72)(H,62,77)(H,63,74)(H,64,75)(H,65,81)(H,66,76)(H,67,79)(H,68,78)/t30?,31-,32+,33-,34+,35+,36-,37+,38-,39-,41+,42+/m1/s1. The summed E-state index contributed by atoms with van der Waals surface area (Å²) in [6, 6.07) is -13.0. The van der Waals surface area contributed by atoms with Crippen LogP contribution in [0.1, 0.15) is 126 Å². The number of rotatable bonds is 27. The Bertz CT molecular complexity index is 2050. The van der Waals surface area contributed by atoms with Gasteiger partial charge in [0.1, 0.15) is 54.4 Å². The highest BCUT2D eigenvalue weighted by Crippen LogP contribution is 2.14. The lowest BCUT2D eigenvalue weighted by molar-refractivity contribution is -0.137. The quantitative estimate of drug-likeness (QED) is 0.0341. The molecule has 0 saturated carbocycles. The van der Waals surface area contributed by atoms with Gasteiger partial charge in [-0.1, -0.05) is 54.4 Å². The third kappa shape index (κ3) is 27.0. The van der Waals surface area contributed by atoms with Crippen molar-refractivity contribution in [2.75, 3.05) is 45.8 Å². The molecule has 0 radical (unpaired) electrons. The summed E-state index contributed by atoms with van der Waals surface area (Å²) in [4.78, 5) is 152. The van der Waals surface area contributed by atoms with Gasteiger partial charge in [0, 0.05) is 19.5 Å². The van der Waals surface area contributed by atoms with Gasteiger partial charge in [0.05, 0.1) is 18.1 Å². The van der Waals surface area contributed by atoms with Gasteiger partial charge in [0.2, 0.25) is 65.0 Å². The first kappa shape index (κ1) is 72.9. The van der Waals surface area contributed by atoms with Crippen LogP contribution >= 0.6 is 0 Å². The van der Waals surface area contributed by atoms with Gasteiger partial charge in [-0.25, -0.2) is 0 Å². The van der Waals surface area contributed by atoms with E-state index in [0.29, 0.717) is 12.3 Å². The monoisotopic (exact) mass is 1150 g/mol. The lowest BCUT2D eigenvalue weighted by Gasteiger charge is -2.29. The first-order valence-electron chi connectivity index (χ1n) is 28.3. The number of carbonyl (C=O) groups excluding carboxylic acids is 11. The van der Waals surface area contributed by atoms with E-state index in [1.165, 1.54) is 13.8 Å². The van der Waals surface area contributed by atoms with Gasteiger partial charge >= 0.3 is 0 Å². The number of carbonyl (C=O) groups is 11. The van der Waals surface area contributed by atoms with Crippen molar-refractivity contribution < 1.29 is 63.0 Å². The molecule has 0 bridgehead atoms. The Morgan fingerprint density at radius 1 is 0.531 bits per heavy atom. The van der Waals surface area contributed by atoms with Crippen LogP contribution in [-0.4, -0.2) is 188 Å². The average Bonchev–Trinajstić information content (AvgIpc) is 3.38. The van der Waals surface area contributed by atoms with Gasteiger partial charge in [0.25, 0.3) is 0 Å². The Kier molecular flexibility index (Phi) is 34.7. The number of nitrogens with one attached hydrogen (secondary N) is 11. The zero-order valence-corrected chi connectivity index (χ0v) is 48.7. The van der Waals surface area contributed by atoms with Crippen LogP contribution in [0.3, 0.4) is 0 Å². The summed E-state index contributed by atoms with van der Waals surface area (Å²) in [7, 11) is 0. The molecule has 29 heteroatoms. The maximum Gasteiger partial charge on any atom is 0.245 e. The van der Waals surface area contributed by atoms with Crippen molar-refractivity contribution in [1.82, 2.24) is 58.5 Å². The van der Waals surface area contributed by atoms with E-state index in [-0.39, 0.29) is 90.1 Å². The highest BCUT2D eigenvalue weighted by atomic mass is 16.3. The molecule has 12 atom stereocenters. The van der Waals surface area contributed by atoms with Crippen LogP contribution < -0.4 is 87.2 Å². The number of nitrogens with two attached hydrogens (primary N) is 5. The molecule has 0 aromatic carbocycles. The molecule has 1 saturated heterocycles. The lowest BCUT2D eigenvalue weighted by atomic mass is 9.93. The molecule has 1 heterocycles. The highest BCUT2D eigenvalue weighted by Gasteiger charge is 2.37. The summed E-state index contributed by atoms with van der Waals surface area (Å²) in [6.07, 6.45) is -1.74. The van der Waals surface area contributed by atoms with E-state index in [0.717, 1.165) is 12.8 Å². The van der Waals surface area contributed by atoms with Crippen molar-refractivity contribution in [3.05, 3.63) is 0 Å². The number of aliphatic hydroxyl groups is 2. The number of unbranched alkanes of at least 4 members (excludes halogenated alkanes) is 1. The minimum absolute atomic E-state index is 0.0128. The minimum Gasteiger partial charge on any atom is -0.391 e. The van der Waals surface area contributed by atoms with E-state index in [9.17, 15) is 63.0 Å². The van der Waals surface area contributed by atoms with Crippen LogP contribution in [0, 0.1) is 23.7 Å². The maximum absolute atomic E-state index is 14.4. The van der Waals surface area contributed by atoms with Crippen LogP contribution in [-0.2, 0) is 52.7 Å². The zero-order chi connectivity index (χ0) is 61.5. The zero-order valence-electron chi connectivity index (χ0n) is 48.7. The van der Waals surface area contributed by atoms with Gasteiger partial charge in [0.15, 0.2) is 0 Å². The Hall–Kier alpha value is -6.11. The SMILES string of the molecule is CC(C)CCCCC(=O)N[C@H](CCN)C(=O)N[C@H](C(=O)N[C@H](CCN)C(=O)N[C@@H]1CCNC(=O)[C@H](C(C)O)NC(=O)[C@H](CCN)NC(=O)[C@H](CCN)NC(=O)[C@H](C(C)C)CNC(=O)[C@@H](CC(C)C)NC(=O)[C@H](CCN)NC1=O)[C@@H](C)O. The minimum atomic E-state index is -1.69. The molecule has 1 aliphatic heterocycles. The molecule has 1 aliphatic rings. The smallest absolute Gasteiger partial charge is 0.245 e. The third-order valence-electron chi connectivity index (χ3n) is 13.4. The highest BCUT2D eigenvalue weighted by molar-refractivity contribution is 5.98.